The van der Waals surface area contributed by atoms with Gasteiger partial charge in [0.2, 0.25) is 0 Å². The fourth-order valence-corrected chi connectivity index (χ4v) is 2.18. The summed E-state index contributed by atoms with van der Waals surface area (Å²) < 4.78 is 18.9. The van der Waals surface area contributed by atoms with Crippen LogP contribution in [0.3, 0.4) is 0 Å². The van der Waals surface area contributed by atoms with Crippen LogP contribution in [-0.2, 0) is 6.54 Å². The third-order valence-electron chi connectivity index (χ3n) is 3.23. The van der Waals surface area contributed by atoms with Gasteiger partial charge in [0.1, 0.15) is 11.6 Å². The molecule has 0 spiro atoms. The van der Waals surface area contributed by atoms with Crippen LogP contribution in [0, 0.1) is 5.82 Å². The molecule has 1 aliphatic heterocycles. The van der Waals surface area contributed by atoms with E-state index in [-0.39, 0.29) is 11.9 Å². The number of ether oxygens (including phenoxy) is 1. The predicted octanol–water partition coefficient (Wildman–Crippen LogP) is 1.79. The van der Waals surface area contributed by atoms with Gasteiger partial charge in [-0.2, -0.15) is 0 Å². The Bertz CT molecular complexity index is 376. The molecule has 1 heterocycles. The molecule has 0 aromatic heterocycles. The van der Waals surface area contributed by atoms with Crippen LogP contribution in [0.4, 0.5) is 4.39 Å². The highest BCUT2D eigenvalue weighted by atomic mass is 19.1. The lowest BCUT2D eigenvalue weighted by Crippen LogP contribution is -2.35. The molecule has 0 radical (unpaired) electrons. The fraction of sp³-hybridized carbons (Fsp3) is 0.538. The molecule has 1 aromatic rings. The van der Waals surface area contributed by atoms with Crippen molar-refractivity contribution in [2.24, 2.45) is 0 Å². The minimum Gasteiger partial charge on any atom is -0.496 e. The molecule has 1 fully saturated rings. The minimum absolute atomic E-state index is 0.200. The second kappa shape index (κ2) is 5.47. The van der Waals surface area contributed by atoms with Crippen LogP contribution in [0.15, 0.2) is 18.2 Å². The van der Waals surface area contributed by atoms with E-state index >= 15 is 0 Å². The van der Waals surface area contributed by atoms with E-state index in [9.17, 15) is 9.50 Å². The maximum atomic E-state index is 13.7. The first kappa shape index (κ1) is 12.3. The van der Waals surface area contributed by atoms with E-state index in [2.05, 4.69) is 4.90 Å². The van der Waals surface area contributed by atoms with Crippen molar-refractivity contribution in [3.8, 4) is 5.75 Å². The van der Waals surface area contributed by atoms with Crippen LogP contribution in [0.25, 0.3) is 0 Å². The monoisotopic (exact) mass is 239 g/mol. The Hall–Kier alpha value is -1.13. The van der Waals surface area contributed by atoms with E-state index in [0.29, 0.717) is 17.9 Å². The van der Waals surface area contributed by atoms with Gasteiger partial charge in [0.25, 0.3) is 0 Å². The molecule has 0 amide bonds. The first-order valence-electron chi connectivity index (χ1n) is 5.92. The summed E-state index contributed by atoms with van der Waals surface area (Å²) in [4.78, 5) is 2.15. The maximum absolute atomic E-state index is 13.7. The summed E-state index contributed by atoms with van der Waals surface area (Å²) in [6.07, 6.45) is 1.32. The van der Waals surface area contributed by atoms with Crippen molar-refractivity contribution >= 4 is 0 Å². The molecule has 0 unspecified atom stereocenters. The summed E-state index contributed by atoms with van der Waals surface area (Å²) in [7, 11) is 1.55. The van der Waals surface area contributed by atoms with Gasteiger partial charge in [-0.15, -0.1) is 0 Å². The Labute approximate surface area is 101 Å². The second-order valence-corrected chi connectivity index (χ2v) is 4.43. The topological polar surface area (TPSA) is 32.7 Å². The highest BCUT2D eigenvalue weighted by Crippen LogP contribution is 2.24. The van der Waals surface area contributed by atoms with Crippen molar-refractivity contribution < 1.29 is 14.2 Å². The van der Waals surface area contributed by atoms with Gasteiger partial charge in [0.05, 0.1) is 13.2 Å². The Balaban J connectivity index is 2.07. The summed E-state index contributed by atoms with van der Waals surface area (Å²) in [5, 5.41) is 9.42. The van der Waals surface area contributed by atoms with Gasteiger partial charge in [-0.25, -0.2) is 4.39 Å². The van der Waals surface area contributed by atoms with Crippen molar-refractivity contribution in [2.45, 2.75) is 25.5 Å². The van der Waals surface area contributed by atoms with Gasteiger partial charge >= 0.3 is 0 Å². The summed E-state index contributed by atoms with van der Waals surface area (Å²) >= 11 is 0. The van der Waals surface area contributed by atoms with E-state index in [0.717, 1.165) is 25.9 Å². The van der Waals surface area contributed by atoms with E-state index < -0.39 is 0 Å². The van der Waals surface area contributed by atoms with Gasteiger partial charge in [0.15, 0.2) is 0 Å². The van der Waals surface area contributed by atoms with Crippen LogP contribution in [0.5, 0.6) is 5.75 Å². The van der Waals surface area contributed by atoms with Crippen LogP contribution >= 0.6 is 0 Å². The summed E-state index contributed by atoms with van der Waals surface area (Å²) in [5.74, 6) is 0.367. The highest BCUT2D eigenvalue weighted by Gasteiger charge is 2.19. The number of aliphatic hydroxyl groups is 1. The first-order valence-corrected chi connectivity index (χ1v) is 5.92. The molecule has 0 atom stereocenters. The molecule has 4 heteroatoms. The molecular formula is C13H18FNO2. The molecule has 2 rings (SSSR count). The van der Waals surface area contributed by atoms with Gasteiger partial charge < -0.3 is 9.84 Å². The zero-order valence-electron chi connectivity index (χ0n) is 10.0. The van der Waals surface area contributed by atoms with E-state index in [1.807, 2.05) is 0 Å². The number of halogens is 1. The summed E-state index contributed by atoms with van der Waals surface area (Å²) in [5.41, 5.74) is 0.603. The van der Waals surface area contributed by atoms with Gasteiger partial charge in [-0.3, -0.25) is 4.90 Å². The second-order valence-electron chi connectivity index (χ2n) is 4.43. The van der Waals surface area contributed by atoms with Crippen molar-refractivity contribution in [2.75, 3.05) is 20.2 Å². The lowest BCUT2D eigenvalue weighted by atomic mass is 10.1. The minimum atomic E-state index is -0.226. The Morgan fingerprint density at radius 1 is 1.41 bits per heavy atom. The number of benzene rings is 1. The number of hydrogen-bond donors (Lipinski definition) is 1. The SMILES string of the molecule is COc1cccc(F)c1CN1CCC(O)CC1. The van der Waals surface area contributed by atoms with E-state index in [4.69, 9.17) is 4.74 Å². The van der Waals surface area contributed by atoms with Gasteiger partial charge in [0, 0.05) is 25.2 Å². The predicted molar refractivity (Wildman–Crippen MR) is 63.5 cm³/mol. The van der Waals surface area contributed by atoms with Gasteiger partial charge in [-0.1, -0.05) is 6.07 Å². The maximum Gasteiger partial charge on any atom is 0.131 e. The number of nitrogens with zero attached hydrogens (tertiary/aromatic N) is 1. The lowest BCUT2D eigenvalue weighted by Gasteiger charge is -2.29. The smallest absolute Gasteiger partial charge is 0.131 e. The van der Waals surface area contributed by atoms with Crippen molar-refractivity contribution in [1.29, 1.82) is 0 Å². The molecule has 1 saturated heterocycles. The molecule has 3 nitrogen and oxygen atoms in total. The van der Waals surface area contributed by atoms with Crippen LogP contribution in [-0.4, -0.2) is 36.3 Å². The molecule has 1 N–H and O–H groups in total. The Morgan fingerprint density at radius 3 is 2.76 bits per heavy atom. The molecule has 94 valence electrons. The third kappa shape index (κ3) is 2.96. The number of rotatable bonds is 3. The van der Waals surface area contributed by atoms with Crippen molar-refractivity contribution in [3.05, 3.63) is 29.6 Å². The lowest BCUT2D eigenvalue weighted by molar-refractivity contribution is 0.0784. The molecular weight excluding hydrogens is 221 g/mol. The molecule has 17 heavy (non-hydrogen) atoms. The molecule has 0 saturated carbocycles. The van der Waals surface area contributed by atoms with Crippen molar-refractivity contribution in [1.82, 2.24) is 4.90 Å². The number of hydrogen-bond acceptors (Lipinski definition) is 3. The molecule has 0 bridgehead atoms. The zero-order chi connectivity index (χ0) is 12.3. The number of piperidine rings is 1. The number of aliphatic hydroxyl groups excluding tert-OH is 1. The fourth-order valence-electron chi connectivity index (χ4n) is 2.18. The third-order valence-corrected chi connectivity index (χ3v) is 3.23. The van der Waals surface area contributed by atoms with Crippen LogP contribution < -0.4 is 4.74 Å². The average Bonchev–Trinajstić information content (AvgIpc) is 2.34. The average molecular weight is 239 g/mol. The van der Waals surface area contributed by atoms with Crippen molar-refractivity contribution in [3.63, 3.8) is 0 Å². The summed E-state index contributed by atoms with van der Waals surface area (Å²) in [6, 6.07) is 4.88. The normalized spacial score (nSPS) is 18.3. The largest absolute Gasteiger partial charge is 0.496 e. The quantitative estimate of drug-likeness (QED) is 0.873. The Kier molecular flexibility index (Phi) is 3.97. The molecule has 0 aliphatic carbocycles. The van der Waals surface area contributed by atoms with Crippen LogP contribution in [0.2, 0.25) is 0 Å². The van der Waals surface area contributed by atoms with E-state index in [1.54, 1.807) is 19.2 Å². The highest BCUT2D eigenvalue weighted by molar-refractivity contribution is 5.34. The first-order chi connectivity index (χ1) is 8.20. The van der Waals surface area contributed by atoms with Gasteiger partial charge in [-0.05, 0) is 25.0 Å². The van der Waals surface area contributed by atoms with E-state index in [1.165, 1.54) is 6.07 Å². The summed E-state index contributed by atoms with van der Waals surface area (Å²) in [6.45, 7) is 2.15. The molecule has 1 aliphatic rings. The number of likely N-dealkylation sites (tertiary alicyclic amines) is 1. The Morgan fingerprint density at radius 2 is 2.12 bits per heavy atom. The number of methoxy groups -OCH3 is 1. The zero-order valence-corrected chi connectivity index (χ0v) is 10.0. The standard InChI is InChI=1S/C13H18FNO2/c1-17-13-4-2-3-12(14)11(13)9-15-7-5-10(16)6-8-15/h2-4,10,16H,5-9H2,1H3. The molecule has 1 aromatic carbocycles. The van der Waals surface area contributed by atoms with Crippen LogP contribution in [0.1, 0.15) is 18.4 Å².